The monoisotopic (exact) mass is 436 g/mol. The average Bonchev–Trinajstić information content (AvgIpc) is 3.19. The number of rotatable bonds is 5. The number of pyridine rings is 1. The van der Waals surface area contributed by atoms with E-state index in [-0.39, 0.29) is 22.2 Å². The summed E-state index contributed by atoms with van der Waals surface area (Å²) in [5.41, 5.74) is 3.42. The zero-order chi connectivity index (χ0) is 22.2. The molecule has 1 N–H and O–H groups in total. The number of sulfone groups is 1. The quantitative estimate of drug-likeness (QED) is 0.664. The number of carbonyl (C=O) groups excluding carboxylic acids is 1. The third kappa shape index (κ3) is 4.05. The van der Waals surface area contributed by atoms with Gasteiger partial charge in [0.15, 0.2) is 0 Å². The number of nitrogens with zero attached hydrogens (tertiary/aromatic N) is 1. The standard InChI is InChI=1S/C24H24N2O4S/c1-16-13-17(2)26(24(28)23(16)31(29,30)21-9-4-3-5-10-21)15-22(27)25-20-12-11-18-7-6-8-19(18)14-20/h3-5,9-14H,6-8,15H2,1-2H3,(H,25,27). The summed E-state index contributed by atoms with van der Waals surface area (Å²) in [4.78, 5) is 25.6. The maximum absolute atomic E-state index is 13.2. The first-order chi connectivity index (χ1) is 14.8. The lowest BCUT2D eigenvalue weighted by atomic mass is 10.1. The van der Waals surface area contributed by atoms with E-state index in [4.69, 9.17) is 0 Å². The molecule has 1 amide bonds. The van der Waals surface area contributed by atoms with Gasteiger partial charge >= 0.3 is 0 Å². The first-order valence-electron chi connectivity index (χ1n) is 10.2. The average molecular weight is 437 g/mol. The molecule has 0 saturated heterocycles. The lowest BCUT2D eigenvalue weighted by molar-refractivity contribution is -0.116. The van der Waals surface area contributed by atoms with Crippen LogP contribution in [-0.2, 0) is 34.0 Å². The number of hydrogen-bond donors (Lipinski definition) is 1. The van der Waals surface area contributed by atoms with Crippen molar-refractivity contribution in [3.8, 4) is 0 Å². The van der Waals surface area contributed by atoms with Crippen LogP contribution in [0.25, 0.3) is 0 Å². The van der Waals surface area contributed by atoms with Crippen LogP contribution in [0.4, 0.5) is 5.69 Å². The van der Waals surface area contributed by atoms with E-state index in [1.165, 1.54) is 27.8 Å². The van der Waals surface area contributed by atoms with Gasteiger partial charge in [0.2, 0.25) is 15.7 Å². The fourth-order valence-corrected chi connectivity index (χ4v) is 5.72. The molecular weight excluding hydrogens is 412 g/mol. The van der Waals surface area contributed by atoms with Crippen molar-refractivity contribution in [1.29, 1.82) is 0 Å². The Balaban J connectivity index is 1.65. The summed E-state index contributed by atoms with van der Waals surface area (Å²) in [5.74, 6) is -0.380. The summed E-state index contributed by atoms with van der Waals surface area (Å²) in [6, 6.07) is 15.3. The van der Waals surface area contributed by atoms with Crippen molar-refractivity contribution in [1.82, 2.24) is 4.57 Å². The largest absolute Gasteiger partial charge is 0.325 e. The summed E-state index contributed by atoms with van der Waals surface area (Å²) in [7, 11) is -4.01. The first-order valence-corrected chi connectivity index (χ1v) is 11.7. The summed E-state index contributed by atoms with van der Waals surface area (Å²) < 4.78 is 27.4. The van der Waals surface area contributed by atoms with E-state index in [0.717, 1.165) is 19.3 Å². The fourth-order valence-electron chi connectivity index (χ4n) is 4.14. The topological polar surface area (TPSA) is 85.2 Å². The Hall–Kier alpha value is -3.19. The Labute approximate surface area is 181 Å². The fraction of sp³-hybridized carbons (Fsp3) is 0.250. The summed E-state index contributed by atoms with van der Waals surface area (Å²) >= 11 is 0. The summed E-state index contributed by atoms with van der Waals surface area (Å²) in [5, 5.41) is 2.83. The van der Waals surface area contributed by atoms with E-state index < -0.39 is 15.4 Å². The Bertz CT molecular complexity index is 1330. The van der Waals surface area contributed by atoms with Crippen LogP contribution < -0.4 is 10.9 Å². The summed E-state index contributed by atoms with van der Waals surface area (Å²) in [6.45, 7) is 3.02. The van der Waals surface area contributed by atoms with E-state index in [9.17, 15) is 18.0 Å². The van der Waals surface area contributed by atoms with Crippen LogP contribution in [0, 0.1) is 13.8 Å². The molecule has 2 aromatic carbocycles. The predicted octanol–water partition coefficient (Wildman–Crippen LogP) is 3.43. The number of anilines is 1. The van der Waals surface area contributed by atoms with E-state index in [2.05, 4.69) is 5.32 Å². The molecule has 0 aliphatic heterocycles. The van der Waals surface area contributed by atoms with Gasteiger partial charge in [-0.25, -0.2) is 8.42 Å². The Kier molecular flexibility index (Phi) is 5.54. The molecule has 1 heterocycles. The van der Waals surface area contributed by atoms with E-state index in [1.807, 2.05) is 18.2 Å². The zero-order valence-electron chi connectivity index (χ0n) is 17.5. The Morgan fingerprint density at radius 2 is 1.71 bits per heavy atom. The first kappa shape index (κ1) is 21.1. The third-order valence-corrected chi connectivity index (χ3v) is 7.58. The molecule has 0 radical (unpaired) electrons. The molecule has 1 aliphatic carbocycles. The molecule has 0 bridgehead atoms. The highest BCUT2D eigenvalue weighted by Crippen LogP contribution is 2.25. The highest BCUT2D eigenvalue weighted by molar-refractivity contribution is 7.91. The molecule has 1 aliphatic rings. The van der Waals surface area contributed by atoms with Crippen LogP contribution in [0.2, 0.25) is 0 Å². The minimum absolute atomic E-state index is 0.0493. The van der Waals surface area contributed by atoms with Crippen molar-refractivity contribution in [3.05, 3.63) is 87.3 Å². The van der Waals surface area contributed by atoms with Crippen LogP contribution in [-0.4, -0.2) is 18.9 Å². The van der Waals surface area contributed by atoms with Gasteiger partial charge in [-0.15, -0.1) is 0 Å². The van der Waals surface area contributed by atoms with Gasteiger partial charge in [0.1, 0.15) is 11.4 Å². The van der Waals surface area contributed by atoms with Crippen LogP contribution in [0.1, 0.15) is 28.8 Å². The van der Waals surface area contributed by atoms with Crippen molar-refractivity contribution >= 4 is 21.4 Å². The highest BCUT2D eigenvalue weighted by atomic mass is 32.2. The molecule has 160 valence electrons. The highest BCUT2D eigenvalue weighted by Gasteiger charge is 2.26. The number of benzene rings is 2. The molecule has 0 unspecified atom stereocenters. The van der Waals surface area contributed by atoms with Crippen LogP contribution in [0.5, 0.6) is 0 Å². The Morgan fingerprint density at radius 1 is 1.00 bits per heavy atom. The molecule has 0 atom stereocenters. The molecule has 31 heavy (non-hydrogen) atoms. The van der Waals surface area contributed by atoms with Gasteiger partial charge in [-0.3, -0.25) is 9.59 Å². The van der Waals surface area contributed by atoms with Crippen LogP contribution >= 0.6 is 0 Å². The second-order valence-corrected chi connectivity index (χ2v) is 9.78. The van der Waals surface area contributed by atoms with Crippen LogP contribution in [0.15, 0.2) is 69.2 Å². The third-order valence-electron chi connectivity index (χ3n) is 5.65. The van der Waals surface area contributed by atoms with E-state index in [0.29, 0.717) is 16.9 Å². The van der Waals surface area contributed by atoms with Gasteiger partial charge < -0.3 is 9.88 Å². The van der Waals surface area contributed by atoms with Crippen LogP contribution in [0.3, 0.4) is 0 Å². The minimum Gasteiger partial charge on any atom is -0.325 e. The predicted molar refractivity (Wildman–Crippen MR) is 119 cm³/mol. The number of amides is 1. The lowest BCUT2D eigenvalue weighted by Gasteiger charge is -2.15. The van der Waals surface area contributed by atoms with Crippen molar-refractivity contribution in [3.63, 3.8) is 0 Å². The molecule has 0 saturated carbocycles. The maximum atomic E-state index is 13.2. The molecule has 4 rings (SSSR count). The SMILES string of the molecule is Cc1cc(C)n(CC(=O)Nc2ccc3c(c2)CCC3)c(=O)c1S(=O)(=O)c1ccccc1. The maximum Gasteiger partial charge on any atom is 0.270 e. The minimum atomic E-state index is -4.01. The Morgan fingerprint density at radius 3 is 2.45 bits per heavy atom. The van der Waals surface area contributed by atoms with Crippen molar-refractivity contribution in [2.75, 3.05) is 5.32 Å². The van der Waals surface area contributed by atoms with Gasteiger partial charge in [-0.2, -0.15) is 0 Å². The summed E-state index contributed by atoms with van der Waals surface area (Å²) in [6.07, 6.45) is 3.17. The lowest BCUT2D eigenvalue weighted by Crippen LogP contribution is -2.33. The number of hydrogen-bond acceptors (Lipinski definition) is 4. The van der Waals surface area contributed by atoms with Gasteiger partial charge in [-0.05, 0) is 80.1 Å². The van der Waals surface area contributed by atoms with Gasteiger partial charge in [-0.1, -0.05) is 24.3 Å². The zero-order valence-corrected chi connectivity index (χ0v) is 18.3. The van der Waals surface area contributed by atoms with Gasteiger partial charge in [0.25, 0.3) is 5.56 Å². The van der Waals surface area contributed by atoms with E-state index >= 15 is 0 Å². The van der Waals surface area contributed by atoms with Gasteiger partial charge in [0.05, 0.1) is 4.90 Å². The van der Waals surface area contributed by atoms with Crippen molar-refractivity contribution in [2.45, 2.75) is 49.4 Å². The number of nitrogens with one attached hydrogen (secondary N) is 1. The molecule has 7 heteroatoms. The van der Waals surface area contributed by atoms with E-state index in [1.54, 1.807) is 38.1 Å². The molecule has 0 spiro atoms. The number of aryl methyl sites for hydroxylation is 4. The number of carbonyl (C=O) groups is 1. The normalized spacial score (nSPS) is 13.1. The molecule has 3 aromatic rings. The molecule has 1 aromatic heterocycles. The molecule has 0 fully saturated rings. The molecular formula is C24H24N2O4S. The second-order valence-electron chi connectivity index (χ2n) is 7.89. The number of fused-ring (bicyclic) bond motifs is 1. The van der Waals surface area contributed by atoms with Crippen molar-refractivity contribution in [2.24, 2.45) is 0 Å². The number of aromatic nitrogens is 1. The second kappa shape index (κ2) is 8.15. The van der Waals surface area contributed by atoms with Crippen molar-refractivity contribution < 1.29 is 13.2 Å². The molecule has 6 nitrogen and oxygen atoms in total. The van der Waals surface area contributed by atoms with Gasteiger partial charge in [0, 0.05) is 11.4 Å². The smallest absolute Gasteiger partial charge is 0.270 e.